The molecule has 3 aromatic carbocycles. The SMILES string of the molecule is CN(CCCC1(c2ccccc2)COCc2ccccc21)Cc1ccccc1. The van der Waals surface area contributed by atoms with E-state index in [1.54, 1.807) is 0 Å². The van der Waals surface area contributed by atoms with Gasteiger partial charge in [-0.2, -0.15) is 0 Å². The standard InChI is InChI=1S/C26H29NO/c1-27(19-22-11-4-2-5-12-22)18-10-17-26(24-14-6-3-7-15-24)21-28-20-23-13-8-9-16-25(23)26/h2-9,11-16H,10,17-21H2,1H3. The minimum atomic E-state index is -0.0519. The molecule has 0 aromatic heterocycles. The number of fused-ring (bicyclic) bond motifs is 1. The van der Waals surface area contributed by atoms with Gasteiger partial charge in [0.25, 0.3) is 0 Å². The largest absolute Gasteiger partial charge is 0.375 e. The maximum atomic E-state index is 6.11. The second-order valence-corrected chi connectivity index (χ2v) is 7.93. The fourth-order valence-electron chi connectivity index (χ4n) is 4.50. The van der Waals surface area contributed by atoms with Gasteiger partial charge in [0.2, 0.25) is 0 Å². The van der Waals surface area contributed by atoms with Crippen LogP contribution in [0.1, 0.15) is 35.1 Å². The van der Waals surface area contributed by atoms with E-state index in [4.69, 9.17) is 4.74 Å². The van der Waals surface area contributed by atoms with Crippen molar-refractivity contribution in [2.75, 3.05) is 20.2 Å². The predicted molar refractivity (Wildman–Crippen MR) is 115 cm³/mol. The molecule has 28 heavy (non-hydrogen) atoms. The van der Waals surface area contributed by atoms with Gasteiger partial charge in [0.05, 0.1) is 13.2 Å². The topological polar surface area (TPSA) is 12.5 Å². The molecular weight excluding hydrogens is 342 g/mol. The van der Waals surface area contributed by atoms with Gasteiger partial charge in [-0.25, -0.2) is 0 Å². The average Bonchev–Trinajstić information content (AvgIpc) is 2.75. The Morgan fingerprint density at radius 1 is 0.857 bits per heavy atom. The summed E-state index contributed by atoms with van der Waals surface area (Å²) in [5, 5.41) is 0. The van der Waals surface area contributed by atoms with E-state index in [0.717, 1.165) is 39.1 Å². The molecule has 1 heterocycles. The average molecular weight is 372 g/mol. The van der Waals surface area contributed by atoms with Gasteiger partial charge in [0.1, 0.15) is 0 Å². The lowest BCUT2D eigenvalue weighted by Crippen LogP contribution is -2.38. The Labute approximate surface area is 168 Å². The fraction of sp³-hybridized carbons (Fsp3) is 0.308. The Balaban J connectivity index is 1.52. The highest BCUT2D eigenvalue weighted by atomic mass is 16.5. The van der Waals surface area contributed by atoms with Gasteiger partial charge in [-0.15, -0.1) is 0 Å². The van der Waals surface area contributed by atoms with Crippen LogP contribution in [0.3, 0.4) is 0 Å². The van der Waals surface area contributed by atoms with Crippen LogP contribution < -0.4 is 0 Å². The first-order chi connectivity index (χ1) is 13.8. The molecule has 2 nitrogen and oxygen atoms in total. The van der Waals surface area contributed by atoms with E-state index < -0.39 is 0 Å². The Bertz CT molecular complexity index is 877. The first-order valence-corrected chi connectivity index (χ1v) is 10.2. The zero-order valence-electron chi connectivity index (χ0n) is 16.7. The molecule has 0 bridgehead atoms. The van der Waals surface area contributed by atoms with Gasteiger partial charge >= 0.3 is 0 Å². The molecule has 2 heteroatoms. The van der Waals surface area contributed by atoms with Crippen molar-refractivity contribution in [1.82, 2.24) is 4.90 Å². The smallest absolute Gasteiger partial charge is 0.0720 e. The summed E-state index contributed by atoms with van der Waals surface area (Å²) in [5.41, 5.74) is 5.46. The number of hydrogen-bond acceptors (Lipinski definition) is 2. The number of ether oxygens (including phenoxy) is 1. The normalized spacial score (nSPS) is 18.8. The minimum absolute atomic E-state index is 0.0519. The number of rotatable bonds is 7. The molecule has 0 N–H and O–H groups in total. The molecule has 0 radical (unpaired) electrons. The predicted octanol–water partition coefficient (Wildman–Crippen LogP) is 5.42. The number of hydrogen-bond donors (Lipinski definition) is 0. The van der Waals surface area contributed by atoms with Gasteiger partial charge in [-0.3, -0.25) is 0 Å². The molecule has 0 spiro atoms. The maximum absolute atomic E-state index is 6.11. The third-order valence-corrected chi connectivity index (χ3v) is 5.90. The second-order valence-electron chi connectivity index (χ2n) is 7.93. The Kier molecular flexibility index (Phi) is 5.90. The van der Waals surface area contributed by atoms with Crippen molar-refractivity contribution in [1.29, 1.82) is 0 Å². The molecule has 1 aliphatic rings. The second kappa shape index (κ2) is 8.72. The summed E-state index contributed by atoms with van der Waals surface area (Å²) in [6.07, 6.45) is 2.23. The molecular formula is C26H29NO. The highest BCUT2D eigenvalue weighted by Crippen LogP contribution is 2.42. The lowest BCUT2D eigenvalue weighted by Gasteiger charge is -2.40. The van der Waals surface area contributed by atoms with Gasteiger partial charge in [0.15, 0.2) is 0 Å². The number of nitrogens with zero attached hydrogens (tertiary/aromatic N) is 1. The van der Waals surface area contributed by atoms with Crippen LogP contribution in [0, 0.1) is 0 Å². The maximum Gasteiger partial charge on any atom is 0.0720 e. The summed E-state index contributed by atoms with van der Waals surface area (Å²) >= 11 is 0. The molecule has 0 aliphatic carbocycles. The molecule has 3 aromatic rings. The van der Waals surface area contributed by atoms with Gasteiger partial charge in [-0.05, 0) is 48.7 Å². The van der Waals surface area contributed by atoms with E-state index in [1.807, 2.05) is 0 Å². The zero-order chi connectivity index (χ0) is 19.2. The third-order valence-electron chi connectivity index (χ3n) is 5.90. The molecule has 0 amide bonds. The van der Waals surface area contributed by atoms with E-state index in [-0.39, 0.29) is 5.41 Å². The van der Waals surface area contributed by atoms with Crippen molar-refractivity contribution >= 4 is 0 Å². The van der Waals surface area contributed by atoms with E-state index in [0.29, 0.717) is 0 Å². The van der Waals surface area contributed by atoms with E-state index in [2.05, 4.69) is 96.9 Å². The lowest BCUT2D eigenvalue weighted by molar-refractivity contribution is 0.0603. The molecule has 0 saturated heterocycles. The summed E-state index contributed by atoms with van der Waals surface area (Å²) < 4.78 is 6.11. The zero-order valence-corrected chi connectivity index (χ0v) is 16.7. The Morgan fingerprint density at radius 3 is 2.32 bits per heavy atom. The van der Waals surface area contributed by atoms with Gasteiger partial charge in [0, 0.05) is 12.0 Å². The van der Waals surface area contributed by atoms with Gasteiger partial charge < -0.3 is 9.64 Å². The summed E-state index contributed by atoms with van der Waals surface area (Å²) in [4.78, 5) is 2.42. The lowest BCUT2D eigenvalue weighted by atomic mass is 9.69. The summed E-state index contributed by atoms with van der Waals surface area (Å²) in [6.45, 7) is 3.55. The molecule has 144 valence electrons. The first kappa shape index (κ1) is 18.9. The minimum Gasteiger partial charge on any atom is -0.375 e. The van der Waals surface area contributed by atoms with Crippen molar-refractivity contribution < 1.29 is 4.74 Å². The van der Waals surface area contributed by atoms with Crippen LogP contribution in [0.5, 0.6) is 0 Å². The van der Waals surface area contributed by atoms with Crippen LogP contribution in [0.15, 0.2) is 84.9 Å². The van der Waals surface area contributed by atoms with Crippen LogP contribution in [-0.4, -0.2) is 25.1 Å². The van der Waals surface area contributed by atoms with Crippen molar-refractivity contribution in [2.24, 2.45) is 0 Å². The molecule has 1 aliphatic heterocycles. The molecule has 1 unspecified atom stereocenters. The molecule has 4 rings (SSSR count). The van der Waals surface area contributed by atoms with Crippen molar-refractivity contribution in [3.05, 3.63) is 107 Å². The van der Waals surface area contributed by atoms with Crippen LogP contribution in [0.2, 0.25) is 0 Å². The number of benzene rings is 3. The molecule has 0 saturated carbocycles. The highest BCUT2D eigenvalue weighted by Gasteiger charge is 2.38. The van der Waals surface area contributed by atoms with Crippen molar-refractivity contribution in [3.8, 4) is 0 Å². The van der Waals surface area contributed by atoms with Crippen LogP contribution in [0.4, 0.5) is 0 Å². The Hall–Kier alpha value is -2.42. The van der Waals surface area contributed by atoms with Crippen LogP contribution >= 0.6 is 0 Å². The fourth-order valence-corrected chi connectivity index (χ4v) is 4.50. The summed E-state index contributed by atoms with van der Waals surface area (Å²) in [7, 11) is 2.22. The quantitative estimate of drug-likeness (QED) is 0.550. The monoisotopic (exact) mass is 371 g/mol. The summed E-state index contributed by atoms with van der Waals surface area (Å²) in [5.74, 6) is 0. The summed E-state index contributed by atoms with van der Waals surface area (Å²) in [6, 6.07) is 30.4. The van der Waals surface area contributed by atoms with Crippen LogP contribution in [0.25, 0.3) is 0 Å². The van der Waals surface area contributed by atoms with Gasteiger partial charge in [-0.1, -0.05) is 84.9 Å². The van der Waals surface area contributed by atoms with Crippen molar-refractivity contribution in [3.63, 3.8) is 0 Å². The first-order valence-electron chi connectivity index (χ1n) is 10.2. The molecule has 0 fully saturated rings. The van der Waals surface area contributed by atoms with Crippen LogP contribution in [-0.2, 0) is 23.3 Å². The van der Waals surface area contributed by atoms with E-state index in [9.17, 15) is 0 Å². The van der Waals surface area contributed by atoms with E-state index >= 15 is 0 Å². The Morgan fingerprint density at radius 2 is 1.54 bits per heavy atom. The third kappa shape index (κ3) is 4.04. The molecule has 1 atom stereocenters. The van der Waals surface area contributed by atoms with Crippen molar-refractivity contribution in [2.45, 2.75) is 31.4 Å². The highest BCUT2D eigenvalue weighted by molar-refractivity contribution is 5.45. The van der Waals surface area contributed by atoms with E-state index in [1.165, 1.54) is 22.3 Å².